The van der Waals surface area contributed by atoms with Gasteiger partial charge in [0.15, 0.2) is 0 Å². The molecule has 1 aromatic rings. The van der Waals surface area contributed by atoms with Crippen LogP contribution in [0.15, 0.2) is 30.0 Å². The molecule has 0 aromatic heterocycles. The number of carbonyl (C=O) groups excluding carboxylic acids is 1. The number of amides is 2. The lowest BCUT2D eigenvalue weighted by molar-refractivity contribution is 0.255. The lowest BCUT2D eigenvalue weighted by atomic mass is 10.2. The van der Waals surface area contributed by atoms with Gasteiger partial charge in [-0.2, -0.15) is 0 Å². The lowest BCUT2D eigenvalue weighted by Gasteiger charge is -2.08. The zero-order valence-electron chi connectivity index (χ0n) is 10.4. The number of anilines is 1. The number of aromatic hydroxyl groups is 1. The summed E-state index contributed by atoms with van der Waals surface area (Å²) in [5.74, 6) is 0.190. The van der Waals surface area contributed by atoms with Crippen LogP contribution in [0, 0.1) is 6.92 Å². The molecule has 0 aliphatic heterocycles. The first kappa shape index (κ1) is 13.1. The Bertz CT molecular complexity index is 439. The van der Waals surface area contributed by atoms with Crippen molar-refractivity contribution in [3.8, 4) is 5.75 Å². The monoisotopic (exact) mass is 234 g/mol. The zero-order valence-corrected chi connectivity index (χ0v) is 10.4. The van der Waals surface area contributed by atoms with E-state index in [-0.39, 0.29) is 11.8 Å². The number of nitrogens with one attached hydrogen (secondary N) is 2. The highest BCUT2D eigenvalue weighted by Gasteiger charge is 2.03. The molecule has 1 aromatic carbocycles. The van der Waals surface area contributed by atoms with E-state index in [1.54, 1.807) is 18.3 Å². The molecule has 0 atom stereocenters. The molecular weight excluding hydrogens is 216 g/mol. The number of phenols is 1. The Balaban J connectivity index is 2.62. The Morgan fingerprint density at radius 3 is 2.76 bits per heavy atom. The number of urea groups is 1. The Morgan fingerprint density at radius 2 is 2.18 bits per heavy atom. The summed E-state index contributed by atoms with van der Waals surface area (Å²) in [6.45, 7) is 5.80. The van der Waals surface area contributed by atoms with Crippen LogP contribution in [0.5, 0.6) is 5.75 Å². The molecule has 0 spiro atoms. The average Bonchev–Trinajstić information content (AvgIpc) is 2.29. The van der Waals surface area contributed by atoms with E-state index in [1.165, 1.54) is 6.07 Å². The number of hydrogen-bond donors (Lipinski definition) is 3. The Labute approximate surface area is 101 Å². The highest BCUT2D eigenvalue weighted by atomic mass is 16.3. The molecule has 0 radical (unpaired) electrons. The van der Waals surface area contributed by atoms with Gasteiger partial charge in [-0.05, 0) is 44.0 Å². The molecule has 0 unspecified atom stereocenters. The minimum Gasteiger partial charge on any atom is -0.508 e. The molecule has 0 saturated carbocycles. The fourth-order valence-electron chi connectivity index (χ4n) is 1.24. The summed E-state index contributed by atoms with van der Waals surface area (Å²) in [4.78, 5) is 11.5. The van der Waals surface area contributed by atoms with Gasteiger partial charge >= 0.3 is 6.03 Å². The number of carbonyl (C=O) groups is 1. The van der Waals surface area contributed by atoms with E-state index in [1.807, 2.05) is 20.8 Å². The summed E-state index contributed by atoms with van der Waals surface area (Å²) < 4.78 is 0. The molecule has 2 amide bonds. The first-order valence-electron chi connectivity index (χ1n) is 5.55. The largest absolute Gasteiger partial charge is 0.508 e. The summed E-state index contributed by atoms with van der Waals surface area (Å²) in [6.07, 6.45) is 2.59. The molecule has 4 heteroatoms. The molecule has 0 heterocycles. The normalized spacial score (nSPS) is 11.1. The van der Waals surface area contributed by atoms with Gasteiger partial charge in [0.05, 0.1) is 0 Å². The summed E-state index contributed by atoms with van der Waals surface area (Å²) in [5.41, 5.74) is 2.60. The summed E-state index contributed by atoms with van der Waals surface area (Å²) >= 11 is 0. The first-order valence-corrected chi connectivity index (χ1v) is 5.55. The van der Waals surface area contributed by atoms with E-state index in [2.05, 4.69) is 10.6 Å². The summed E-state index contributed by atoms with van der Waals surface area (Å²) in [5, 5.41) is 14.6. The van der Waals surface area contributed by atoms with Gasteiger partial charge in [0.2, 0.25) is 0 Å². The van der Waals surface area contributed by atoms with Gasteiger partial charge in [0.25, 0.3) is 0 Å². The fourth-order valence-corrected chi connectivity index (χ4v) is 1.24. The smallest absolute Gasteiger partial charge is 0.323 e. The van der Waals surface area contributed by atoms with E-state index in [0.717, 1.165) is 17.6 Å². The third-order valence-electron chi connectivity index (χ3n) is 2.47. The Morgan fingerprint density at radius 1 is 1.47 bits per heavy atom. The van der Waals surface area contributed by atoms with Crippen molar-refractivity contribution in [2.24, 2.45) is 0 Å². The molecule has 4 nitrogen and oxygen atoms in total. The van der Waals surface area contributed by atoms with Crippen LogP contribution < -0.4 is 10.6 Å². The van der Waals surface area contributed by atoms with Crippen molar-refractivity contribution in [2.45, 2.75) is 27.2 Å². The number of rotatable bonds is 3. The second kappa shape index (κ2) is 5.94. The maximum atomic E-state index is 11.5. The fraction of sp³-hybridized carbons (Fsp3) is 0.308. The number of benzene rings is 1. The third-order valence-corrected chi connectivity index (χ3v) is 2.47. The number of phenolic OH excluding ortho intramolecular Hbond substituents is 1. The highest BCUT2D eigenvalue weighted by Crippen LogP contribution is 2.19. The van der Waals surface area contributed by atoms with Crippen LogP contribution in [0.2, 0.25) is 0 Å². The lowest BCUT2D eigenvalue weighted by Crippen LogP contribution is -2.24. The Kier molecular flexibility index (Phi) is 4.57. The number of hydrogen-bond acceptors (Lipinski definition) is 2. The van der Waals surface area contributed by atoms with Crippen LogP contribution >= 0.6 is 0 Å². The minimum atomic E-state index is -0.286. The molecular formula is C13H18N2O2. The maximum absolute atomic E-state index is 11.5. The predicted octanol–water partition coefficient (Wildman–Crippen LogP) is 3.14. The average molecular weight is 234 g/mol. The van der Waals surface area contributed by atoms with Gasteiger partial charge in [0, 0.05) is 11.9 Å². The number of aryl methyl sites for hydroxylation is 1. The molecule has 0 aliphatic rings. The zero-order chi connectivity index (χ0) is 12.8. The van der Waals surface area contributed by atoms with Crippen molar-refractivity contribution in [1.82, 2.24) is 5.32 Å². The van der Waals surface area contributed by atoms with Crippen LogP contribution in [-0.4, -0.2) is 11.1 Å². The van der Waals surface area contributed by atoms with E-state index < -0.39 is 0 Å². The van der Waals surface area contributed by atoms with E-state index >= 15 is 0 Å². The van der Waals surface area contributed by atoms with Gasteiger partial charge in [0.1, 0.15) is 5.75 Å². The van der Waals surface area contributed by atoms with E-state index in [0.29, 0.717) is 5.69 Å². The first-order chi connectivity index (χ1) is 8.02. The van der Waals surface area contributed by atoms with Crippen molar-refractivity contribution < 1.29 is 9.90 Å². The molecule has 0 fully saturated rings. The molecule has 1 rings (SSSR count). The van der Waals surface area contributed by atoms with Gasteiger partial charge in [-0.25, -0.2) is 4.79 Å². The molecule has 0 bridgehead atoms. The van der Waals surface area contributed by atoms with Gasteiger partial charge < -0.3 is 15.7 Å². The van der Waals surface area contributed by atoms with Gasteiger partial charge in [-0.15, -0.1) is 0 Å². The van der Waals surface area contributed by atoms with Crippen LogP contribution in [0.3, 0.4) is 0 Å². The van der Waals surface area contributed by atoms with Gasteiger partial charge in [-0.3, -0.25) is 0 Å². The topological polar surface area (TPSA) is 61.4 Å². The predicted molar refractivity (Wildman–Crippen MR) is 69.0 cm³/mol. The molecule has 0 aliphatic carbocycles. The quantitative estimate of drug-likeness (QED) is 0.703. The summed E-state index contributed by atoms with van der Waals surface area (Å²) in [7, 11) is 0. The van der Waals surface area contributed by atoms with Crippen LogP contribution in [0.1, 0.15) is 25.8 Å². The van der Waals surface area contributed by atoms with Crippen molar-refractivity contribution in [3.05, 3.63) is 35.5 Å². The third kappa shape index (κ3) is 4.18. The van der Waals surface area contributed by atoms with Crippen LogP contribution in [0.4, 0.5) is 10.5 Å². The second-order valence-electron chi connectivity index (χ2n) is 3.94. The Hall–Kier alpha value is -1.97. The molecule has 92 valence electrons. The van der Waals surface area contributed by atoms with Gasteiger partial charge in [-0.1, -0.05) is 12.5 Å². The van der Waals surface area contributed by atoms with Crippen molar-refractivity contribution in [1.29, 1.82) is 0 Å². The van der Waals surface area contributed by atoms with Crippen molar-refractivity contribution >= 4 is 11.7 Å². The van der Waals surface area contributed by atoms with E-state index in [9.17, 15) is 9.90 Å². The van der Waals surface area contributed by atoms with Crippen LogP contribution in [-0.2, 0) is 0 Å². The maximum Gasteiger partial charge on any atom is 0.323 e. The second-order valence-corrected chi connectivity index (χ2v) is 3.94. The molecule has 17 heavy (non-hydrogen) atoms. The van der Waals surface area contributed by atoms with Crippen LogP contribution in [0.25, 0.3) is 0 Å². The molecule has 3 N–H and O–H groups in total. The molecule has 0 saturated heterocycles. The van der Waals surface area contributed by atoms with Crippen molar-refractivity contribution in [2.75, 3.05) is 5.32 Å². The van der Waals surface area contributed by atoms with E-state index in [4.69, 9.17) is 0 Å². The SMILES string of the molecule is CC/C(C)=C/NC(=O)Nc1ccc(O)cc1C. The minimum absolute atomic E-state index is 0.190. The number of allylic oxidation sites excluding steroid dienone is 1. The summed E-state index contributed by atoms with van der Waals surface area (Å²) in [6, 6.07) is 4.52. The highest BCUT2D eigenvalue weighted by molar-refractivity contribution is 5.90. The standard InChI is InChI=1S/C13H18N2O2/c1-4-9(2)8-14-13(17)15-12-6-5-11(16)7-10(12)3/h5-8,16H,4H2,1-3H3,(H2,14,15,17)/b9-8+. The van der Waals surface area contributed by atoms with Crippen molar-refractivity contribution in [3.63, 3.8) is 0 Å².